The number of amides is 1. The van der Waals surface area contributed by atoms with Crippen LogP contribution in [0.1, 0.15) is 16.1 Å². The third kappa shape index (κ3) is 2.63. The molecule has 0 spiro atoms. The molecule has 1 aliphatic heterocycles. The van der Waals surface area contributed by atoms with Crippen molar-refractivity contribution in [2.24, 2.45) is 0 Å². The average molecular weight is 395 g/mol. The number of hydrogen-bond donors (Lipinski definition) is 2. The summed E-state index contributed by atoms with van der Waals surface area (Å²) >= 11 is 6.12. The van der Waals surface area contributed by atoms with Crippen molar-refractivity contribution in [3.8, 4) is 0 Å². The molecule has 1 amide bonds. The number of rotatable bonds is 1. The van der Waals surface area contributed by atoms with Gasteiger partial charge in [0.1, 0.15) is 0 Å². The maximum Gasteiger partial charge on any atom is 0.314 e. The van der Waals surface area contributed by atoms with Gasteiger partial charge < -0.3 is 19.4 Å². The van der Waals surface area contributed by atoms with Crippen LogP contribution < -0.4 is 11.1 Å². The molecule has 3 heterocycles. The smallest absolute Gasteiger partial charge is 0.314 e. The number of halogens is 1. The molecule has 1 aliphatic rings. The summed E-state index contributed by atoms with van der Waals surface area (Å²) in [6.45, 7) is 1.75. The summed E-state index contributed by atoms with van der Waals surface area (Å²) in [5.41, 5.74) is 2.04. The molecule has 7 nitrogen and oxygen atoms in total. The zero-order chi connectivity index (χ0) is 19.4. The lowest BCUT2D eigenvalue weighted by molar-refractivity contribution is 0.0713. The van der Waals surface area contributed by atoms with E-state index in [1.807, 2.05) is 18.2 Å². The molecule has 0 bridgehead atoms. The summed E-state index contributed by atoms with van der Waals surface area (Å²) in [4.78, 5) is 42.8. The van der Waals surface area contributed by atoms with Crippen LogP contribution in [0.5, 0.6) is 0 Å². The molecule has 0 fully saturated rings. The molecule has 2 aromatic carbocycles. The van der Waals surface area contributed by atoms with Gasteiger partial charge in [-0.15, -0.1) is 0 Å². The van der Waals surface area contributed by atoms with Crippen LogP contribution in [0.3, 0.4) is 0 Å². The van der Waals surface area contributed by atoms with E-state index < -0.39 is 11.1 Å². The van der Waals surface area contributed by atoms with Crippen LogP contribution >= 0.6 is 11.6 Å². The van der Waals surface area contributed by atoms with E-state index in [0.29, 0.717) is 41.3 Å². The normalized spacial score (nSPS) is 13.8. The van der Waals surface area contributed by atoms with Gasteiger partial charge in [-0.2, -0.15) is 0 Å². The maximum absolute atomic E-state index is 13.0. The van der Waals surface area contributed by atoms with E-state index in [4.69, 9.17) is 11.6 Å². The van der Waals surface area contributed by atoms with E-state index in [2.05, 4.69) is 20.6 Å². The first-order valence-electron chi connectivity index (χ1n) is 8.83. The molecule has 0 unspecified atom stereocenters. The van der Waals surface area contributed by atoms with Gasteiger partial charge in [-0.3, -0.25) is 14.4 Å². The van der Waals surface area contributed by atoms with Crippen molar-refractivity contribution in [3.05, 3.63) is 79.5 Å². The van der Waals surface area contributed by atoms with E-state index in [0.717, 1.165) is 16.6 Å². The summed E-state index contributed by atoms with van der Waals surface area (Å²) in [5.74, 6) is -0.122. The second-order valence-electron chi connectivity index (χ2n) is 6.89. The largest absolute Gasteiger partial charge is 0.341 e. The van der Waals surface area contributed by atoms with Gasteiger partial charge >= 0.3 is 11.1 Å². The van der Waals surface area contributed by atoms with Gasteiger partial charge in [0, 0.05) is 40.3 Å². The van der Waals surface area contributed by atoms with Crippen molar-refractivity contribution in [2.45, 2.75) is 13.1 Å². The van der Waals surface area contributed by atoms with Gasteiger partial charge in [0.2, 0.25) is 0 Å². The molecule has 28 heavy (non-hydrogen) atoms. The Kier molecular flexibility index (Phi) is 3.67. The number of fused-ring (bicyclic) bond motifs is 4. The number of carbonyl (C=O) groups is 1. The minimum atomic E-state index is -0.738. The molecule has 0 radical (unpaired) electrons. The summed E-state index contributed by atoms with van der Waals surface area (Å²) in [6, 6.07) is 12.7. The van der Waals surface area contributed by atoms with Crippen LogP contribution in [0.4, 0.5) is 0 Å². The van der Waals surface area contributed by atoms with E-state index in [9.17, 15) is 14.4 Å². The van der Waals surface area contributed by atoms with Crippen molar-refractivity contribution >= 4 is 39.4 Å². The van der Waals surface area contributed by atoms with Crippen molar-refractivity contribution in [1.29, 1.82) is 0 Å². The number of aromatic amines is 2. The number of aromatic nitrogens is 3. The number of carbonyl (C=O) groups excluding carboxylic acids is 1. The summed E-state index contributed by atoms with van der Waals surface area (Å²) < 4.78 is 2.19. The van der Waals surface area contributed by atoms with E-state index in [1.165, 1.54) is 0 Å². The fourth-order valence-electron chi connectivity index (χ4n) is 3.78. The molecule has 5 rings (SSSR count). The molecular weight excluding hydrogens is 380 g/mol. The first-order chi connectivity index (χ1) is 13.5. The number of H-pyrrole nitrogens is 2. The molecular formula is C20H15ClN4O3. The third-order valence-corrected chi connectivity index (χ3v) is 5.39. The van der Waals surface area contributed by atoms with Gasteiger partial charge in [-0.05, 0) is 36.4 Å². The Morgan fingerprint density at radius 3 is 2.54 bits per heavy atom. The van der Waals surface area contributed by atoms with E-state index >= 15 is 0 Å². The number of nitrogens with zero attached hydrogens (tertiary/aromatic N) is 2. The van der Waals surface area contributed by atoms with Gasteiger partial charge in [-0.1, -0.05) is 17.7 Å². The summed E-state index contributed by atoms with van der Waals surface area (Å²) in [5, 5.41) is 1.79. The zero-order valence-corrected chi connectivity index (χ0v) is 15.4. The Morgan fingerprint density at radius 1 is 0.929 bits per heavy atom. The zero-order valence-electron chi connectivity index (χ0n) is 14.7. The Bertz CT molecular complexity index is 1380. The van der Waals surface area contributed by atoms with Gasteiger partial charge in [0.15, 0.2) is 0 Å². The highest BCUT2D eigenvalue weighted by Gasteiger charge is 2.23. The minimum absolute atomic E-state index is 0.122. The van der Waals surface area contributed by atoms with Crippen LogP contribution in [0.25, 0.3) is 21.9 Å². The number of nitrogens with one attached hydrogen (secondary N) is 2. The molecule has 8 heteroatoms. The van der Waals surface area contributed by atoms with Crippen molar-refractivity contribution in [1.82, 2.24) is 19.4 Å². The lowest BCUT2D eigenvalue weighted by Crippen LogP contribution is -2.38. The van der Waals surface area contributed by atoms with Gasteiger partial charge in [-0.25, -0.2) is 0 Å². The fourth-order valence-corrected chi connectivity index (χ4v) is 3.95. The molecule has 4 aromatic rings. The predicted octanol–water partition coefficient (Wildman–Crippen LogP) is 2.48. The average Bonchev–Trinajstić information content (AvgIpc) is 3.05. The highest BCUT2D eigenvalue weighted by atomic mass is 35.5. The Balaban J connectivity index is 1.49. The standard InChI is InChI=1S/C20H15ClN4O3/c21-13-3-1-11-7-14-10-24(5-6-25(14)17(11)9-13)20(28)12-2-4-15-16(8-12)23-19(27)18(26)22-15/h1-4,7-9H,5-6,10H2,(H,22,26)(H,23,27). The lowest BCUT2D eigenvalue weighted by atomic mass is 10.1. The first-order valence-corrected chi connectivity index (χ1v) is 9.21. The molecule has 0 atom stereocenters. The Labute approximate surface area is 163 Å². The quantitative estimate of drug-likeness (QED) is 0.486. The number of hydrogen-bond acceptors (Lipinski definition) is 3. The monoisotopic (exact) mass is 394 g/mol. The third-order valence-electron chi connectivity index (χ3n) is 5.15. The Morgan fingerprint density at radius 2 is 1.71 bits per heavy atom. The van der Waals surface area contributed by atoms with Crippen molar-refractivity contribution < 1.29 is 4.79 Å². The van der Waals surface area contributed by atoms with Gasteiger partial charge in [0.05, 0.1) is 17.6 Å². The SMILES string of the molecule is O=C(c1ccc2[nH]c(=O)c(=O)[nH]c2c1)N1CCn2c(cc3ccc(Cl)cc32)C1. The van der Waals surface area contributed by atoms with E-state index in [-0.39, 0.29) is 5.91 Å². The molecule has 0 aliphatic carbocycles. The topological polar surface area (TPSA) is 91.0 Å². The second-order valence-corrected chi connectivity index (χ2v) is 7.32. The van der Waals surface area contributed by atoms with E-state index in [1.54, 1.807) is 23.1 Å². The Hall–Kier alpha value is -3.32. The number of benzene rings is 2. The van der Waals surface area contributed by atoms with Crippen molar-refractivity contribution in [3.63, 3.8) is 0 Å². The fraction of sp³-hybridized carbons (Fsp3) is 0.150. The van der Waals surface area contributed by atoms with Crippen LogP contribution in [-0.4, -0.2) is 31.9 Å². The molecule has 140 valence electrons. The predicted molar refractivity (Wildman–Crippen MR) is 107 cm³/mol. The van der Waals surface area contributed by atoms with Crippen molar-refractivity contribution in [2.75, 3.05) is 6.54 Å². The minimum Gasteiger partial charge on any atom is -0.341 e. The van der Waals surface area contributed by atoms with Gasteiger partial charge in [0.25, 0.3) is 5.91 Å². The van der Waals surface area contributed by atoms with Crippen LogP contribution in [0, 0.1) is 0 Å². The lowest BCUT2D eigenvalue weighted by Gasteiger charge is -2.29. The summed E-state index contributed by atoms with van der Waals surface area (Å²) in [7, 11) is 0. The highest BCUT2D eigenvalue weighted by Crippen LogP contribution is 2.27. The molecule has 2 N–H and O–H groups in total. The first kappa shape index (κ1) is 16.8. The van der Waals surface area contributed by atoms with Crippen LogP contribution in [0.2, 0.25) is 5.02 Å². The second kappa shape index (κ2) is 6.10. The molecule has 0 saturated heterocycles. The molecule has 2 aromatic heterocycles. The van der Waals surface area contributed by atoms with Crippen LogP contribution in [-0.2, 0) is 13.1 Å². The highest BCUT2D eigenvalue weighted by molar-refractivity contribution is 6.31. The molecule has 0 saturated carbocycles. The maximum atomic E-state index is 13.0. The summed E-state index contributed by atoms with van der Waals surface area (Å²) in [6.07, 6.45) is 0. The van der Waals surface area contributed by atoms with Crippen LogP contribution in [0.15, 0.2) is 52.1 Å².